The van der Waals surface area contributed by atoms with Gasteiger partial charge in [-0.3, -0.25) is 9.59 Å². The Bertz CT molecular complexity index is 488. The van der Waals surface area contributed by atoms with Crippen LogP contribution < -0.4 is 15.8 Å². The third kappa shape index (κ3) is 4.59. The van der Waals surface area contributed by atoms with Crippen molar-refractivity contribution in [2.75, 3.05) is 18.5 Å². The number of unbranched alkanes of at least 4 members (excludes halogenated alkanes) is 1. The number of aromatic nitrogens is 1. The topological polar surface area (TPSA) is 121 Å². The molecule has 0 bridgehead atoms. The summed E-state index contributed by atoms with van der Waals surface area (Å²) in [4.78, 5) is 37.2. The van der Waals surface area contributed by atoms with Crippen molar-refractivity contribution in [3.63, 3.8) is 0 Å². The highest BCUT2D eigenvalue weighted by Gasteiger charge is 2.22. The van der Waals surface area contributed by atoms with E-state index >= 15 is 0 Å². The van der Waals surface area contributed by atoms with Crippen molar-refractivity contribution in [3.05, 3.63) is 4.88 Å². The summed E-state index contributed by atoms with van der Waals surface area (Å²) in [7, 11) is 0. The first-order valence-corrected chi connectivity index (χ1v) is 6.72. The molecule has 0 fully saturated rings. The average Bonchev–Trinajstić information content (AvgIpc) is 2.82. The van der Waals surface area contributed by atoms with Crippen LogP contribution in [0.1, 0.15) is 29.4 Å². The molecule has 9 heteroatoms. The summed E-state index contributed by atoms with van der Waals surface area (Å²) < 4.78 is 9.84. The normalized spacial score (nSPS) is 9.90. The van der Waals surface area contributed by atoms with E-state index in [0.717, 1.165) is 24.2 Å². The monoisotopic (exact) mass is 301 g/mol. The number of carbonyl (C=O) groups is 3. The van der Waals surface area contributed by atoms with E-state index in [-0.39, 0.29) is 29.0 Å². The van der Waals surface area contributed by atoms with Gasteiger partial charge in [0.15, 0.2) is 10.0 Å². The first kappa shape index (κ1) is 16.1. The fraction of sp³-hybridized carbons (Fsp3) is 0.455. The molecule has 1 aromatic rings. The maximum absolute atomic E-state index is 11.8. The molecule has 0 aromatic carbocycles. The number of anilines is 1. The summed E-state index contributed by atoms with van der Waals surface area (Å²) >= 11 is 0.857. The van der Waals surface area contributed by atoms with Crippen LogP contribution in [-0.4, -0.2) is 36.5 Å². The van der Waals surface area contributed by atoms with E-state index in [2.05, 4.69) is 10.3 Å². The Labute approximate surface area is 119 Å². The van der Waals surface area contributed by atoms with E-state index in [1.807, 2.05) is 6.92 Å². The van der Waals surface area contributed by atoms with Crippen molar-refractivity contribution in [1.29, 1.82) is 0 Å². The van der Waals surface area contributed by atoms with Crippen LogP contribution in [0.15, 0.2) is 0 Å². The van der Waals surface area contributed by atoms with Crippen LogP contribution in [-0.2, 0) is 14.3 Å². The van der Waals surface area contributed by atoms with Crippen LogP contribution in [0.3, 0.4) is 0 Å². The molecule has 0 saturated carbocycles. The highest BCUT2D eigenvalue weighted by molar-refractivity contribution is 7.17. The number of rotatable bonds is 8. The molecule has 0 atom stereocenters. The van der Waals surface area contributed by atoms with Gasteiger partial charge in [0.05, 0.1) is 13.2 Å². The molecule has 0 aliphatic heterocycles. The van der Waals surface area contributed by atoms with Gasteiger partial charge in [0, 0.05) is 0 Å². The van der Waals surface area contributed by atoms with Crippen LogP contribution >= 0.6 is 11.3 Å². The van der Waals surface area contributed by atoms with Gasteiger partial charge in [0.1, 0.15) is 0 Å². The summed E-state index contributed by atoms with van der Waals surface area (Å²) in [5, 5.41) is 2.41. The first-order valence-electron chi connectivity index (χ1n) is 5.91. The largest absolute Gasteiger partial charge is 0.461 e. The predicted octanol–water partition coefficient (Wildman–Crippen LogP) is 0.532. The zero-order valence-electron chi connectivity index (χ0n) is 10.9. The van der Waals surface area contributed by atoms with E-state index in [4.69, 9.17) is 15.2 Å². The predicted molar refractivity (Wildman–Crippen MR) is 71.7 cm³/mol. The lowest BCUT2D eigenvalue weighted by atomic mass is 10.4. The summed E-state index contributed by atoms with van der Waals surface area (Å²) in [5.41, 5.74) is 5.12. The highest BCUT2D eigenvalue weighted by atomic mass is 32.1. The highest BCUT2D eigenvalue weighted by Crippen LogP contribution is 2.29. The van der Waals surface area contributed by atoms with Gasteiger partial charge in [-0.25, -0.2) is 4.79 Å². The van der Waals surface area contributed by atoms with Crippen molar-refractivity contribution in [2.24, 2.45) is 5.73 Å². The zero-order valence-corrected chi connectivity index (χ0v) is 11.7. The number of esters is 2. The van der Waals surface area contributed by atoms with E-state index < -0.39 is 11.9 Å². The minimum Gasteiger partial charge on any atom is -0.461 e. The molecular weight excluding hydrogens is 286 g/mol. The van der Waals surface area contributed by atoms with Gasteiger partial charge < -0.3 is 20.5 Å². The number of hydrogen-bond donors (Lipinski definition) is 2. The Morgan fingerprint density at radius 2 is 2.25 bits per heavy atom. The Balaban J connectivity index is 2.87. The average molecular weight is 301 g/mol. The minimum atomic E-state index is -0.740. The quantitative estimate of drug-likeness (QED) is 0.408. The second-order valence-electron chi connectivity index (χ2n) is 3.58. The number of ether oxygens (including phenoxy) is 2. The molecule has 3 N–H and O–H groups in total. The fourth-order valence-corrected chi connectivity index (χ4v) is 1.89. The lowest BCUT2D eigenvalue weighted by Gasteiger charge is -2.03. The molecule has 20 heavy (non-hydrogen) atoms. The maximum Gasteiger partial charge on any atom is 0.354 e. The number of nitrogens with two attached hydrogens (primary N) is 1. The molecule has 1 heterocycles. The second kappa shape index (κ2) is 8.23. The number of thiazole rings is 1. The SMILES string of the molecule is CCCCOC(=O)c1sc(NC=O)nc1OC(=O)CN. The standard InChI is InChI=1S/C11H15N3O5S/c1-2-3-4-18-10(17)8-9(19-7(16)5-12)14-11(20-8)13-6-15/h6H,2-5,12H2,1H3,(H,13,14,15). The lowest BCUT2D eigenvalue weighted by Crippen LogP contribution is -2.20. The van der Waals surface area contributed by atoms with Crippen molar-refractivity contribution in [3.8, 4) is 5.88 Å². The maximum atomic E-state index is 11.8. The molecule has 0 saturated heterocycles. The van der Waals surface area contributed by atoms with Gasteiger partial charge in [-0.05, 0) is 6.42 Å². The van der Waals surface area contributed by atoms with Gasteiger partial charge in [0.25, 0.3) is 0 Å². The molecular formula is C11H15N3O5S. The summed E-state index contributed by atoms with van der Waals surface area (Å²) in [6, 6.07) is 0. The van der Waals surface area contributed by atoms with Crippen LogP contribution in [0.4, 0.5) is 5.13 Å². The van der Waals surface area contributed by atoms with Gasteiger partial charge in [0.2, 0.25) is 12.3 Å². The van der Waals surface area contributed by atoms with Gasteiger partial charge in [-0.15, -0.1) is 0 Å². The second-order valence-corrected chi connectivity index (χ2v) is 4.58. The van der Waals surface area contributed by atoms with Crippen LogP contribution in [0.5, 0.6) is 5.88 Å². The zero-order chi connectivity index (χ0) is 15.0. The molecule has 0 unspecified atom stereocenters. The van der Waals surface area contributed by atoms with Crippen LogP contribution in [0.2, 0.25) is 0 Å². The van der Waals surface area contributed by atoms with Gasteiger partial charge in [-0.1, -0.05) is 24.7 Å². The Morgan fingerprint density at radius 1 is 1.50 bits per heavy atom. The Morgan fingerprint density at radius 3 is 2.85 bits per heavy atom. The molecule has 0 spiro atoms. The molecule has 1 amide bonds. The summed E-state index contributed by atoms with van der Waals surface area (Å²) in [5.74, 6) is -1.61. The van der Waals surface area contributed by atoms with Crippen molar-refractivity contribution in [1.82, 2.24) is 4.98 Å². The Hall–Kier alpha value is -2.00. The molecule has 1 rings (SSSR count). The molecule has 0 aliphatic carbocycles. The summed E-state index contributed by atoms with van der Waals surface area (Å²) in [6.45, 7) is 1.87. The van der Waals surface area contributed by atoms with Gasteiger partial charge in [-0.2, -0.15) is 4.98 Å². The molecule has 8 nitrogen and oxygen atoms in total. The van der Waals surface area contributed by atoms with Crippen molar-refractivity contribution in [2.45, 2.75) is 19.8 Å². The first-order chi connectivity index (χ1) is 9.62. The van der Waals surface area contributed by atoms with E-state index in [1.165, 1.54) is 0 Å². The molecule has 0 aliphatic rings. The smallest absolute Gasteiger partial charge is 0.354 e. The number of nitrogens with one attached hydrogen (secondary N) is 1. The van der Waals surface area contributed by atoms with Crippen molar-refractivity contribution < 1.29 is 23.9 Å². The van der Waals surface area contributed by atoms with E-state index in [9.17, 15) is 14.4 Å². The third-order valence-corrected chi connectivity index (χ3v) is 3.02. The van der Waals surface area contributed by atoms with E-state index in [0.29, 0.717) is 6.41 Å². The van der Waals surface area contributed by atoms with E-state index in [1.54, 1.807) is 0 Å². The molecule has 1 aromatic heterocycles. The number of amides is 1. The third-order valence-electron chi connectivity index (χ3n) is 2.07. The fourth-order valence-electron chi connectivity index (χ4n) is 1.14. The van der Waals surface area contributed by atoms with Crippen LogP contribution in [0.25, 0.3) is 0 Å². The van der Waals surface area contributed by atoms with Crippen LogP contribution in [0, 0.1) is 0 Å². The number of carbonyl (C=O) groups excluding carboxylic acids is 3. The summed E-state index contributed by atoms with van der Waals surface area (Å²) in [6.07, 6.45) is 2.00. The number of hydrogen-bond acceptors (Lipinski definition) is 8. The molecule has 110 valence electrons. The number of nitrogens with zero attached hydrogens (tertiary/aromatic N) is 1. The van der Waals surface area contributed by atoms with Crippen molar-refractivity contribution >= 4 is 34.8 Å². The minimum absolute atomic E-state index is 0.00672. The lowest BCUT2D eigenvalue weighted by molar-refractivity contribution is -0.133. The molecule has 0 radical (unpaired) electrons. The Kier molecular flexibility index (Phi) is 6.60. The van der Waals surface area contributed by atoms with Gasteiger partial charge >= 0.3 is 11.9 Å².